The van der Waals surface area contributed by atoms with Crippen LogP contribution in [0.4, 0.5) is 0 Å². The summed E-state index contributed by atoms with van der Waals surface area (Å²) in [6.07, 6.45) is 5.69. The van der Waals surface area contributed by atoms with Gasteiger partial charge in [0.25, 0.3) is 0 Å². The van der Waals surface area contributed by atoms with E-state index >= 15 is 0 Å². The Morgan fingerprint density at radius 3 is 2.71 bits per heavy atom. The van der Waals surface area contributed by atoms with Gasteiger partial charge in [-0.2, -0.15) is 0 Å². The number of nitrogens with zero attached hydrogens (tertiary/aromatic N) is 2. The van der Waals surface area contributed by atoms with Gasteiger partial charge >= 0.3 is 0 Å². The van der Waals surface area contributed by atoms with Crippen LogP contribution in [0.25, 0.3) is 0 Å². The zero-order valence-electron chi connectivity index (χ0n) is 10.3. The number of aryl methyl sites for hydroxylation is 1. The summed E-state index contributed by atoms with van der Waals surface area (Å²) in [5, 5.41) is 3.25. The highest BCUT2D eigenvalue weighted by Gasteiger charge is 1.98. The lowest BCUT2D eigenvalue weighted by molar-refractivity contribution is 0.562. The van der Waals surface area contributed by atoms with Crippen LogP contribution in [0.3, 0.4) is 0 Å². The van der Waals surface area contributed by atoms with Crippen molar-refractivity contribution < 1.29 is 8.42 Å². The first-order valence-corrected chi connectivity index (χ1v) is 7.51. The minimum absolute atomic E-state index is 0.482. The van der Waals surface area contributed by atoms with Gasteiger partial charge in [-0.15, -0.1) is 0 Å². The maximum absolute atomic E-state index is 10.8. The Morgan fingerprint density at radius 1 is 1.35 bits per heavy atom. The van der Waals surface area contributed by atoms with Crippen molar-refractivity contribution in [2.75, 3.05) is 25.9 Å². The number of aromatic nitrogens is 2. The monoisotopic (exact) mass is 260 g/mol. The van der Waals surface area contributed by atoms with E-state index in [1.165, 1.54) is 6.26 Å². The molecule has 0 unspecified atom stereocenters. The summed E-state index contributed by atoms with van der Waals surface area (Å²) in [5.74, 6) is 1.01. The van der Waals surface area contributed by atoms with Gasteiger partial charge in [0.05, 0.1) is 6.26 Å². The normalized spacial score (nSPS) is 11.9. The fourth-order valence-electron chi connectivity index (χ4n) is 1.44. The van der Waals surface area contributed by atoms with E-state index < -0.39 is 10.0 Å². The van der Waals surface area contributed by atoms with Gasteiger partial charge in [0.2, 0.25) is 10.0 Å². The molecular weight excluding hydrogens is 240 g/mol. The second-order valence-electron chi connectivity index (χ2n) is 3.94. The highest BCUT2D eigenvalue weighted by Crippen LogP contribution is 1.93. The van der Waals surface area contributed by atoms with Crippen molar-refractivity contribution in [2.24, 2.45) is 0 Å². The van der Waals surface area contributed by atoms with Crippen molar-refractivity contribution in [3.05, 3.63) is 18.2 Å². The molecule has 0 aliphatic heterocycles. The standard InChI is InChI=1S/C10H20N4O2S/c1-10-12-7-9-14(10)8-6-11-4-3-5-13-17(2,15)16/h7,9,11,13H,3-6,8H2,1-2H3. The van der Waals surface area contributed by atoms with Crippen LogP contribution in [0, 0.1) is 6.92 Å². The molecule has 2 N–H and O–H groups in total. The Hall–Kier alpha value is -0.920. The van der Waals surface area contributed by atoms with E-state index in [0.29, 0.717) is 6.54 Å². The minimum Gasteiger partial charge on any atom is -0.334 e. The van der Waals surface area contributed by atoms with Crippen LogP contribution in [-0.4, -0.2) is 43.9 Å². The molecule has 1 heterocycles. The van der Waals surface area contributed by atoms with Crippen LogP contribution in [0.1, 0.15) is 12.2 Å². The van der Waals surface area contributed by atoms with Crippen molar-refractivity contribution in [1.29, 1.82) is 0 Å². The smallest absolute Gasteiger partial charge is 0.208 e. The lowest BCUT2D eigenvalue weighted by Gasteiger charge is -2.07. The minimum atomic E-state index is -3.05. The molecule has 0 saturated carbocycles. The lowest BCUT2D eigenvalue weighted by Crippen LogP contribution is -2.27. The van der Waals surface area contributed by atoms with Crippen molar-refractivity contribution in [3.63, 3.8) is 0 Å². The average molecular weight is 260 g/mol. The van der Waals surface area contributed by atoms with E-state index in [4.69, 9.17) is 0 Å². The summed E-state index contributed by atoms with van der Waals surface area (Å²) in [4.78, 5) is 4.13. The summed E-state index contributed by atoms with van der Waals surface area (Å²) in [5.41, 5.74) is 0. The molecule has 0 aromatic carbocycles. The molecule has 0 aliphatic carbocycles. The fourth-order valence-corrected chi connectivity index (χ4v) is 1.95. The van der Waals surface area contributed by atoms with Gasteiger partial charge in [0, 0.05) is 32.0 Å². The molecule has 0 amide bonds. The summed E-state index contributed by atoms with van der Waals surface area (Å²) in [6, 6.07) is 0. The maximum atomic E-state index is 10.8. The second-order valence-corrected chi connectivity index (χ2v) is 5.77. The van der Waals surface area contributed by atoms with Gasteiger partial charge in [0.1, 0.15) is 5.82 Å². The van der Waals surface area contributed by atoms with Gasteiger partial charge in [0.15, 0.2) is 0 Å². The van der Waals surface area contributed by atoms with Crippen LogP contribution in [0.2, 0.25) is 0 Å². The largest absolute Gasteiger partial charge is 0.334 e. The Kier molecular flexibility index (Phi) is 5.60. The molecular formula is C10H20N4O2S. The highest BCUT2D eigenvalue weighted by atomic mass is 32.2. The summed E-state index contributed by atoms with van der Waals surface area (Å²) in [6.45, 7) is 4.99. The predicted molar refractivity (Wildman–Crippen MR) is 67.3 cm³/mol. The Balaban J connectivity index is 2.00. The molecule has 1 rings (SSSR count). The van der Waals surface area contributed by atoms with Crippen LogP contribution < -0.4 is 10.0 Å². The molecule has 0 fully saturated rings. The quantitative estimate of drug-likeness (QED) is 0.630. The van der Waals surface area contributed by atoms with Crippen LogP contribution in [-0.2, 0) is 16.6 Å². The van der Waals surface area contributed by atoms with Crippen LogP contribution >= 0.6 is 0 Å². The summed E-state index contributed by atoms with van der Waals surface area (Å²) in [7, 11) is -3.05. The highest BCUT2D eigenvalue weighted by molar-refractivity contribution is 7.88. The topological polar surface area (TPSA) is 76.0 Å². The number of hydrogen-bond acceptors (Lipinski definition) is 4. The number of nitrogens with one attached hydrogen (secondary N) is 2. The second kappa shape index (κ2) is 6.73. The van der Waals surface area contributed by atoms with Gasteiger partial charge in [-0.3, -0.25) is 0 Å². The Morgan fingerprint density at radius 2 is 2.12 bits per heavy atom. The van der Waals surface area contributed by atoms with E-state index in [-0.39, 0.29) is 0 Å². The molecule has 0 aliphatic rings. The Labute approximate surface area is 102 Å². The number of hydrogen-bond donors (Lipinski definition) is 2. The molecule has 0 atom stereocenters. The molecule has 0 bridgehead atoms. The third-order valence-electron chi connectivity index (χ3n) is 2.35. The summed E-state index contributed by atoms with van der Waals surface area (Å²) < 4.78 is 26.1. The van der Waals surface area contributed by atoms with Gasteiger partial charge < -0.3 is 9.88 Å². The molecule has 0 radical (unpaired) electrons. The van der Waals surface area contributed by atoms with E-state index in [1.54, 1.807) is 6.20 Å². The van der Waals surface area contributed by atoms with Crippen molar-refractivity contribution in [3.8, 4) is 0 Å². The third kappa shape index (κ3) is 6.40. The lowest BCUT2D eigenvalue weighted by atomic mass is 10.4. The molecule has 98 valence electrons. The van der Waals surface area contributed by atoms with Gasteiger partial charge in [-0.05, 0) is 19.9 Å². The SMILES string of the molecule is Cc1nccn1CCNCCCNS(C)(=O)=O. The van der Waals surface area contributed by atoms with Crippen molar-refractivity contribution in [1.82, 2.24) is 19.6 Å². The average Bonchev–Trinajstić information content (AvgIpc) is 2.61. The van der Waals surface area contributed by atoms with E-state index in [1.807, 2.05) is 13.1 Å². The predicted octanol–water partition coefficient (Wildman–Crippen LogP) is -0.280. The molecule has 0 saturated heterocycles. The first-order chi connectivity index (χ1) is 7.99. The summed E-state index contributed by atoms with van der Waals surface area (Å²) >= 11 is 0. The third-order valence-corrected chi connectivity index (χ3v) is 3.08. The van der Waals surface area contributed by atoms with E-state index in [2.05, 4.69) is 19.6 Å². The first kappa shape index (κ1) is 14.1. The first-order valence-electron chi connectivity index (χ1n) is 5.62. The van der Waals surface area contributed by atoms with E-state index in [0.717, 1.165) is 31.9 Å². The number of imidazole rings is 1. The zero-order chi connectivity index (χ0) is 12.7. The van der Waals surface area contributed by atoms with Crippen LogP contribution in [0.5, 0.6) is 0 Å². The van der Waals surface area contributed by atoms with Crippen molar-refractivity contribution >= 4 is 10.0 Å². The molecule has 7 heteroatoms. The van der Waals surface area contributed by atoms with Gasteiger partial charge in [-0.25, -0.2) is 18.1 Å². The van der Waals surface area contributed by atoms with Crippen molar-refractivity contribution in [2.45, 2.75) is 19.9 Å². The molecule has 1 aromatic rings. The Bertz CT molecular complexity index is 427. The fraction of sp³-hybridized carbons (Fsp3) is 0.700. The van der Waals surface area contributed by atoms with Crippen LogP contribution in [0.15, 0.2) is 12.4 Å². The van der Waals surface area contributed by atoms with E-state index in [9.17, 15) is 8.42 Å². The molecule has 17 heavy (non-hydrogen) atoms. The van der Waals surface area contributed by atoms with Gasteiger partial charge in [-0.1, -0.05) is 0 Å². The zero-order valence-corrected chi connectivity index (χ0v) is 11.1. The number of sulfonamides is 1. The molecule has 0 spiro atoms. The maximum Gasteiger partial charge on any atom is 0.208 e. The molecule has 1 aromatic heterocycles. The molecule has 6 nitrogen and oxygen atoms in total. The number of rotatable bonds is 8.